The van der Waals surface area contributed by atoms with Crippen molar-refractivity contribution in [3.05, 3.63) is 90.2 Å². The average molecular weight is 427 g/mol. The van der Waals surface area contributed by atoms with Crippen molar-refractivity contribution in [1.82, 2.24) is 0 Å². The third-order valence-electron chi connectivity index (χ3n) is 5.12. The van der Waals surface area contributed by atoms with E-state index in [0.717, 1.165) is 28.0 Å². The number of para-hydroxylation sites is 2. The first-order chi connectivity index (χ1) is 15.5. The van der Waals surface area contributed by atoms with Gasteiger partial charge in [-0.25, -0.2) is 0 Å². The van der Waals surface area contributed by atoms with Crippen LogP contribution in [0.3, 0.4) is 0 Å². The molecule has 6 heteroatoms. The molecule has 162 valence electrons. The van der Waals surface area contributed by atoms with Gasteiger partial charge in [0, 0.05) is 19.5 Å². The Morgan fingerprint density at radius 2 is 1.50 bits per heavy atom. The van der Waals surface area contributed by atoms with Crippen LogP contribution in [0.25, 0.3) is 11.0 Å². The molecule has 6 nitrogen and oxygen atoms in total. The summed E-state index contributed by atoms with van der Waals surface area (Å²) in [5.41, 5.74) is 4.39. The van der Waals surface area contributed by atoms with Gasteiger partial charge in [0.15, 0.2) is 17.1 Å². The molecule has 0 aliphatic heterocycles. The molecule has 0 fully saturated rings. The second-order valence-corrected chi connectivity index (χ2v) is 7.40. The number of rotatable bonds is 7. The third-order valence-corrected chi connectivity index (χ3v) is 5.12. The fourth-order valence-electron chi connectivity index (χ4n) is 3.39. The molecule has 0 bridgehead atoms. The molecule has 3 aromatic carbocycles. The smallest absolute Gasteiger partial charge is 0.176 e. The fourth-order valence-corrected chi connectivity index (χ4v) is 3.39. The zero-order valence-corrected chi connectivity index (χ0v) is 18.7. The molecular formula is C26H26N4O2. The molecule has 0 N–H and O–H groups in total. The molecule has 32 heavy (non-hydrogen) atoms. The molecule has 0 unspecified atom stereocenters. The molecule has 0 aliphatic carbocycles. The Hall–Kier alpha value is -4.06. The minimum Gasteiger partial charge on any atom is -0.493 e. The van der Waals surface area contributed by atoms with Gasteiger partial charge in [-0.3, -0.25) is 10.0 Å². The van der Waals surface area contributed by atoms with Crippen LogP contribution >= 0.6 is 0 Å². The quantitative estimate of drug-likeness (QED) is 0.278. The number of hydrogen-bond donors (Lipinski definition) is 0. The van der Waals surface area contributed by atoms with E-state index < -0.39 is 0 Å². The van der Waals surface area contributed by atoms with Crippen LogP contribution in [0, 0.1) is 0 Å². The van der Waals surface area contributed by atoms with Crippen LogP contribution in [0.5, 0.6) is 5.75 Å². The van der Waals surface area contributed by atoms with Gasteiger partial charge in [0.1, 0.15) is 5.71 Å². The number of anilines is 2. The Labute approximate surface area is 188 Å². The maximum Gasteiger partial charge on any atom is 0.176 e. The standard InChI is InChI=1S/C26H26N4O2/c1-19(28-30(3)23-13-9-6-10-14-23)24-17-21-15-20(16-25(31-4)26(21)32-24)18-27-29(2)22-11-7-5-8-12-22/h5-18H,1-4H3. The highest BCUT2D eigenvalue weighted by molar-refractivity contribution is 6.02. The molecule has 0 amide bonds. The van der Waals surface area contributed by atoms with Crippen LogP contribution in [0.1, 0.15) is 18.2 Å². The number of furan rings is 1. The summed E-state index contributed by atoms with van der Waals surface area (Å²) in [6.07, 6.45) is 1.81. The summed E-state index contributed by atoms with van der Waals surface area (Å²) in [4.78, 5) is 0. The number of hydrogen-bond acceptors (Lipinski definition) is 6. The van der Waals surface area contributed by atoms with Crippen molar-refractivity contribution in [2.45, 2.75) is 6.92 Å². The van der Waals surface area contributed by atoms with Gasteiger partial charge in [0.25, 0.3) is 0 Å². The van der Waals surface area contributed by atoms with Gasteiger partial charge < -0.3 is 9.15 Å². The van der Waals surface area contributed by atoms with E-state index >= 15 is 0 Å². The maximum atomic E-state index is 6.10. The summed E-state index contributed by atoms with van der Waals surface area (Å²) in [6, 6.07) is 25.9. The molecule has 0 radical (unpaired) electrons. The lowest BCUT2D eigenvalue weighted by Crippen LogP contribution is -2.11. The number of nitrogens with zero attached hydrogens (tertiary/aromatic N) is 4. The Bertz CT molecular complexity index is 1250. The summed E-state index contributed by atoms with van der Waals surface area (Å²) < 4.78 is 11.7. The first-order valence-corrected chi connectivity index (χ1v) is 10.3. The van der Waals surface area contributed by atoms with Crippen LogP contribution < -0.4 is 14.8 Å². The zero-order chi connectivity index (χ0) is 22.5. The van der Waals surface area contributed by atoms with Crippen molar-refractivity contribution in [3.63, 3.8) is 0 Å². The summed E-state index contributed by atoms with van der Waals surface area (Å²) in [5, 5.41) is 13.8. The fraction of sp³-hybridized carbons (Fsp3) is 0.154. The lowest BCUT2D eigenvalue weighted by Gasteiger charge is -2.13. The number of ether oxygens (including phenoxy) is 1. The highest BCUT2D eigenvalue weighted by Gasteiger charge is 2.13. The molecule has 0 aliphatic rings. The number of benzene rings is 3. The topological polar surface area (TPSA) is 53.6 Å². The molecule has 1 heterocycles. The Morgan fingerprint density at radius 1 is 0.875 bits per heavy atom. The lowest BCUT2D eigenvalue weighted by molar-refractivity contribution is 0.410. The monoisotopic (exact) mass is 426 g/mol. The van der Waals surface area contributed by atoms with Crippen molar-refractivity contribution in [3.8, 4) is 5.75 Å². The largest absolute Gasteiger partial charge is 0.493 e. The first kappa shape index (κ1) is 21.2. The van der Waals surface area contributed by atoms with E-state index in [1.807, 2.05) is 116 Å². The predicted molar refractivity (Wildman–Crippen MR) is 132 cm³/mol. The minimum atomic E-state index is 0.654. The van der Waals surface area contributed by atoms with Gasteiger partial charge in [-0.1, -0.05) is 36.4 Å². The normalized spacial score (nSPS) is 11.8. The highest BCUT2D eigenvalue weighted by atomic mass is 16.5. The number of fused-ring (bicyclic) bond motifs is 1. The second-order valence-electron chi connectivity index (χ2n) is 7.40. The molecular weight excluding hydrogens is 400 g/mol. The van der Waals surface area contributed by atoms with E-state index in [0.29, 0.717) is 17.1 Å². The number of methoxy groups -OCH3 is 1. The average Bonchev–Trinajstić information content (AvgIpc) is 3.27. The zero-order valence-electron chi connectivity index (χ0n) is 18.7. The van der Waals surface area contributed by atoms with Gasteiger partial charge in [0.2, 0.25) is 0 Å². The highest BCUT2D eigenvalue weighted by Crippen LogP contribution is 2.30. The van der Waals surface area contributed by atoms with E-state index in [1.54, 1.807) is 7.11 Å². The number of hydrazone groups is 2. The molecule has 0 saturated carbocycles. The van der Waals surface area contributed by atoms with Crippen LogP contribution in [0.15, 0.2) is 93.5 Å². The Morgan fingerprint density at radius 3 is 2.12 bits per heavy atom. The van der Waals surface area contributed by atoms with E-state index in [4.69, 9.17) is 9.15 Å². The summed E-state index contributed by atoms with van der Waals surface area (Å²) in [7, 11) is 5.47. The van der Waals surface area contributed by atoms with Crippen LogP contribution in [-0.4, -0.2) is 33.1 Å². The first-order valence-electron chi connectivity index (χ1n) is 10.3. The SMILES string of the molecule is COc1cc(C=NN(C)c2ccccc2)cc2cc(C(C)=NN(C)c3ccccc3)oc12. The second kappa shape index (κ2) is 9.39. The van der Waals surface area contributed by atoms with Crippen molar-refractivity contribution in [1.29, 1.82) is 0 Å². The van der Waals surface area contributed by atoms with Crippen molar-refractivity contribution in [2.24, 2.45) is 10.2 Å². The molecule has 4 aromatic rings. The predicted octanol–water partition coefficient (Wildman–Crippen LogP) is 5.77. The van der Waals surface area contributed by atoms with Crippen LogP contribution in [0.4, 0.5) is 11.4 Å². The molecule has 0 saturated heterocycles. The van der Waals surface area contributed by atoms with Gasteiger partial charge in [0.05, 0.1) is 24.7 Å². The van der Waals surface area contributed by atoms with E-state index in [2.05, 4.69) is 10.2 Å². The van der Waals surface area contributed by atoms with Gasteiger partial charge in [-0.15, -0.1) is 0 Å². The van der Waals surface area contributed by atoms with Crippen molar-refractivity contribution in [2.75, 3.05) is 31.2 Å². The summed E-state index contributed by atoms with van der Waals surface area (Å²) in [5.74, 6) is 1.35. The molecule has 1 aromatic heterocycles. The molecule has 4 rings (SSSR count). The van der Waals surface area contributed by atoms with Gasteiger partial charge in [-0.2, -0.15) is 10.2 Å². The van der Waals surface area contributed by atoms with Gasteiger partial charge in [-0.05, 0) is 55.0 Å². The summed E-state index contributed by atoms with van der Waals surface area (Å²) in [6.45, 7) is 1.93. The lowest BCUT2D eigenvalue weighted by atomic mass is 10.1. The van der Waals surface area contributed by atoms with E-state index in [9.17, 15) is 0 Å². The Balaban J connectivity index is 1.62. The van der Waals surface area contributed by atoms with Crippen LogP contribution in [-0.2, 0) is 0 Å². The third kappa shape index (κ3) is 4.64. The Kier molecular flexibility index (Phi) is 6.22. The van der Waals surface area contributed by atoms with Crippen molar-refractivity contribution < 1.29 is 9.15 Å². The van der Waals surface area contributed by atoms with E-state index in [1.165, 1.54) is 0 Å². The van der Waals surface area contributed by atoms with Crippen LogP contribution in [0.2, 0.25) is 0 Å². The maximum absolute atomic E-state index is 6.10. The minimum absolute atomic E-state index is 0.654. The van der Waals surface area contributed by atoms with Gasteiger partial charge >= 0.3 is 0 Å². The summed E-state index contributed by atoms with van der Waals surface area (Å²) >= 11 is 0. The molecule has 0 atom stereocenters. The van der Waals surface area contributed by atoms with E-state index in [-0.39, 0.29) is 0 Å². The molecule has 0 spiro atoms. The van der Waals surface area contributed by atoms with Crippen molar-refractivity contribution >= 4 is 34.3 Å².